The summed E-state index contributed by atoms with van der Waals surface area (Å²) in [5.41, 5.74) is 3.72. The number of hydrogen-bond donors (Lipinski definition) is 1. The molecule has 10 heavy (non-hydrogen) atoms. The van der Waals surface area contributed by atoms with Crippen LogP contribution in [-0.2, 0) is 0 Å². The average Bonchev–Trinajstić information content (AvgIpc) is 1.82. The Morgan fingerprint density at radius 1 is 1.30 bits per heavy atom. The first-order valence-electron chi connectivity index (χ1n) is 3.47. The van der Waals surface area contributed by atoms with Gasteiger partial charge in [0.2, 0.25) is 0 Å². The molecule has 2 heteroatoms. The fraction of sp³-hybridized carbons (Fsp3) is 0.500. The molecule has 0 amide bonds. The average molecular weight is 138 g/mol. The largest absolute Gasteiger partial charge is 0.360 e. The van der Waals surface area contributed by atoms with Crippen molar-refractivity contribution in [3.05, 3.63) is 23.3 Å². The van der Waals surface area contributed by atoms with Crippen molar-refractivity contribution in [2.75, 3.05) is 7.05 Å². The standard InChI is InChI=1S/C8H14N2/c1-6-5-10(4)8(3)7(2)9-6/h5,9H,1-4H3. The first kappa shape index (κ1) is 7.19. The maximum atomic E-state index is 3.26. The maximum Gasteiger partial charge on any atom is 0.0332 e. The third-order valence-electron chi connectivity index (χ3n) is 1.84. The summed E-state index contributed by atoms with van der Waals surface area (Å²) in [5.74, 6) is 0. The molecule has 0 saturated carbocycles. The van der Waals surface area contributed by atoms with Crippen LogP contribution in [0.25, 0.3) is 0 Å². The maximum absolute atomic E-state index is 3.26. The summed E-state index contributed by atoms with van der Waals surface area (Å²) in [6, 6.07) is 0. The summed E-state index contributed by atoms with van der Waals surface area (Å²) >= 11 is 0. The molecule has 56 valence electrons. The fourth-order valence-electron chi connectivity index (χ4n) is 1.07. The summed E-state index contributed by atoms with van der Waals surface area (Å²) in [5, 5.41) is 3.26. The minimum absolute atomic E-state index is 1.20. The van der Waals surface area contributed by atoms with E-state index in [9.17, 15) is 0 Å². The molecule has 1 rings (SSSR count). The SMILES string of the molecule is CC1=CN(C)C(C)=C(C)N1. The molecule has 1 aliphatic heterocycles. The Morgan fingerprint density at radius 3 is 2.40 bits per heavy atom. The van der Waals surface area contributed by atoms with E-state index in [4.69, 9.17) is 0 Å². The molecule has 1 N–H and O–H groups in total. The zero-order valence-electron chi connectivity index (χ0n) is 7.02. The van der Waals surface area contributed by atoms with Gasteiger partial charge in [0.05, 0.1) is 0 Å². The van der Waals surface area contributed by atoms with E-state index in [1.807, 2.05) is 0 Å². The number of nitrogens with zero attached hydrogens (tertiary/aromatic N) is 1. The molecule has 0 bridgehead atoms. The van der Waals surface area contributed by atoms with E-state index in [0.717, 1.165) is 0 Å². The Hall–Kier alpha value is -0.920. The lowest BCUT2D eigenvalue weighted by Crippen LogP contribution is -2.24. The molecule has 0 radical (unpaired) electrons. The molecular weight excluding hydrogens is 124 g/mol. The van der Waals surface area contributed by atoms with Gasteiger partial charge in [-0.05, 0) is 20.8 Å². The van der Waals surface area contributed by atoms with E-state index in [1.165, 1.54) is 17.1 Å². The van der Waals surface area contributed by atoms with Crippen LogP contribution < -0.4 is 5.32 Å². The van der Waals surface area contributed by atoms with Gasteiger partial charge in [-0.3, -0.25) is 0 Å². The van der Waals surface area contributed by atoms with Crippen LogP contribution in [0.3, 0.4) is 0 Å². The van der Waals surface area contributed by atoms with Crippen molar-refractivity contribution < 1.29 is 0 Å². The Labute approximate surface area is 62.2 Å². The second-order valence-electron chi connectivity index (χ2n) is 2.76. The molecule has 0 aromatic carbocycles. The van der Waals surface area contributed by atoms with Crippen molar-refractivity contribution in [1.29, 1.82) is 0 Å². The van der Waals surface area contributed by atoms with Crippen molar-refractivity contribution in [3.8, 4) is 0 Å². The van der Waals surface area contributed by atoms with Gasteiger partial charge in [-0.15, -0.1) is 0 Å². The summed E-state index contributed by atoms with van der Waals surface area (Å²) in [6.07, 6.45) is 2.09. The zero-order valence-corrected chi connectivity index (χ0v) is 7.02. The second-order valence-corrected chi connectivity index (χ2v) is 2.76. The smallest absolute Gasteiger partial charge is 0.0332 e. The third kappa shape index (κ3) is 1.15. The summed E-state index contributed by atoms with van der Waals surface area (Å²) in [4.78, 5) is 2.13. The molecule has 1 aliphatic rings. The number of rotatable bonds is 0. The van der Waals surface area contributed by atoms with E-state index in [1.54, 1.807) is 0 Å². The van der Waals surface area contributed by atoms with Crippen LogP contribution in [0.5, 0.6) is 0 Å². The van der Waals surface area contributed by atoms with Crippen LogP contribution in [0.4, 0.5) is 0 Å². The van der Waals surface area contributed by atoms with Crippen molar-refractivity contribution in [2.45, 2.75) is 20.8 Å². The molecular formula is C8H14N2. The van der Waals surface area contributed by atoms with Crippen LogP contribution in [0, 0.1) is 0 Å². The Balaban J connectivity index is 2.85. The highest BCUT2D eigenvalue weighted by Gasteiger charge is 2.06. The zero-order chi connectivity index (χ0) is 7.72. The predicted octanol–water partition coefficient (Wildman–Crippen LogP) is 1.63. The first-order valence-corrected chi connectivity index (χ1v) is 3.47. The van der Waals surface area contributed by atoms with Gasteiger partial charge in [0.25, 0.3) is 0 Å². The van der Waals surface area contributed by atoms with Crippen LogP contribution in [0.1, 0.15) is 20.8 Å². The number of allylic oxidation sites excluding steroid dienone is 3. The van der Waals surface area contributed by atoms with E-state index in [0.29, 0.717) is 0 Å². The molecule has 0 aromatic heterocycles. The number of nitrogens with one attached hydrogen (secondary N) is 1. The van der Waals surface area contributed by atoms with Gasteiger partial charge in [-0.1, -0.05) is 0 Å². The van der Waals surface area contributed by atoms with E-state index < -0.39 is 0 Å². The van der Waals surface area contributed by atoms with Gasteiger partial charge < -0.3 is 10.2 Å². The first-order chi connectivity index (χ1) is 4.61. The van der Waals surface area contributed by atoms with Gasteiger partial charge in [0.1, 0.15) is 0 Å². The Kier molecular flexibility index (Phi) is 1.70. The summed E-state index contributed by atoms with van der Waals surface area (Å²) in [6.45, 7) is 6.25. The quantitative estimate of drug-likeness (QED) is 0.547. The molecule has 0 unspecified atom stereocenters. The second kappa shape index (κ2) is 2.37. The minimum atomic E-state index is 1.20. The van der Waals surface area contributed by atoms with Crippen LogP contribution in [0.2, 0.25) is 0 Å². The van der Waals surface area contributed by atoms with Crippen molar-refractivity contribution in [2.24, 2.45) is 0 Å². The van der Waals surface area contributed by atoms with Crippen molar-refractivity contribution >= 4 is 0 Å². The van der Waals surface area contributed by atoms with Gasteiger partial charge in [-0.2, -0.15) is 0 Å². The third-order valence-corrected chi connectivity index (χ3v) is 1.84. The molecule has 0 aliphatic carbocycles. The van der Waals surface area contributed by atoms with Crippen LogP contribution in [0.15, 0.2) is 23.3 Å². The molecule has 0 fully saturated rings. The Bertz CT molecular complexity index is 201. The van der Waals surface area contributed by atoms with E-state index in [-0.39, 0.29) is 0 Å². The highest BCUT2D eigenvalue weighted by atomic mass is 15.1. The fourth-order valence-corrected chi connectivity index (χ4v) is 1.07. The highest BCUT2D eigenvalue weighted by molar-refractivity contribution is 5.19. The van der Waals surface area contributed by atoms with Gasteiger partial charge in [0, 0.05) is 30.3 Å². The molecule has 0 aromatic rings. The number of hydrogen-bond acceptors (Lipinski definition) is 2. The lowest BCUT2D eigenvalue weighted by molar-refractivity contribution is 0.527. The monoisotopic (exact) mass is 138 g/mol. The van der Waals surface area contributed by atoms with Gasteiger partial charge in [-0.25, -0.2) is 0 Å². The van der Waals surface area contributed by atoms with E-state index in [2.05, 4.69) is 44.2 Å². The lowest BCUT2D eigenvalue weighted by Gasteiger charge is -2.25. The summed E-state index contributed by atoms with van der Waals surface area (Å²) in [7, 11) is 2.06. The predicted molar refractivity (Wildman–Crippen MR) is 43.0 cm³/mol. The molecule has 1 heterocycles. The van der Waals surface area contributed by atoms with Crippen LogP contribution >= 0.6 is 0 Å². The molecule has 2 nitrogen and oxygen atoms in total. The lowest BCUT2D eigenvalue weighted by atomic mass is 10.3. The molecule has 0 saturated heterocycles. The van der Waals surface area contributed by atoms with Gasteiger partial charge >= 0.3 is 0 Å². The normalized spacial score (nSPS) is 18.8. The highest BCUT2D eigenvalue weighted by Crippen LogP contribution is 2.12. The summed E-state index contributed by atoms with van der Waals surface area (Å²) < 4.78 is 0. The van der Waals surface area contributed by atoms with Crippen LogP contribution in [-0.4, -0.2) is 11.9 Å². The van der Waals surface area contributed by atoms with Gasteiger partial charge in [0.15, 0.2) is 0 Å². The topological polar surface area (TPSA) is 15.3 Å². The molecule has 0 spiro atoms. The van der Waals surface area contributed by atoms with Crippen molar-refractivity contribution in [3.63, 3.8) is 0 Å². The minimum Gasteiger partial charge on any atom is -0.360 e. The Morgan fingerprint density at radius 2 is 1.90 bits per heavy atom. The van der Waals surface area contributed by atoms with Crippen molar-refractivity contribution in [1.82, 2.24) is 10.2 Å². The van der Waals surface area contributed by atoms with E-state index >= 15 is 0 Å². The molecule has 0 atom stereocenters.